The van der Waals surface area contributed by atoms with E-state index in [0.29, 0.717) is 28.9 Å². The third-order valence-corrected chi connectivity index (χ3v) is 9.03. The first-order valence-electron chi connectivity index (χ1n) is 17.5. The third kappa shape index (κ3) is 8.48. The number of hydrogen-bond donors (Lipinski definition) is 0. The van der Waals surface area contributed by atoms with Crippen LogP contribution in [0, 0.1) is 24.3 Å². The molecule has 0 amide bonds. The summed E-state index contributed by atoms with van der Waals surface area (Å²) in [5, 5.41) is 1.89. The second-order valence-electron chi connectivity index (χ2n) is 15.0. The Kier molecular flexibility index (Phi) is 11.6. The van der Waals surface area contributed by atoms with Crippen molar-refractivity contribution in [3.8, 4) is 51.5 Å². The van der Waals surface area contributed by atoms with Crippen LogP contribution in [0.4, 0.5) is 0 Å². The van der Waals surface area contributed by atoms with Gasteiger partial charge in [0.25, 0.3) is 0 Å². The first-order chi connectivity index (χ1) is 25.5. The van der Waals surface area contributed by atoms with E-state index in [9.17, 15) is 0 Å². The van der Waals surface area contributed by atoms with Crippen molar-refractivity contribution < 1.29 is 51.0 Å². The molecule has 8 aromatic rings. The molecular formula is C46H37N5O2PdPt. The van der Waals surface area contributed by atoms with Gasteiger partial charge in [0.2, 0.25) is 5.95 Å². The number of fused-ring (bicyclic) bond motifs is 3. The number of benzene rings is 4. The molecule has 9 heteroatoms. The van der Waals surface area contributed by atoms with Gasteiger partial charge >= 0.3 is 41.5 Å². The zero-order chi connectivity index (χ0) is 36.7. The van der Waals surface area contributed by atoms with Crippen LogP contribution < -0.4 is 9.47 Å². The Bertz CT molecular complexity index is 2420. The quantitative estimate of drug-likeness (QED) is 0.117. The maximum atomic E-state index is 6.52. The van der Waals surface area contributed by atoms with Crippen molar-refractivity contribution in [1.82, 2.24) is 24.5 Å². The number of rotatable bonds is 7. The van der Waals surface area contributed by atoms with Gasteiger partial charge in [0, 0.05) is 47.8 Å². The normalized spacial score (nSPS) is 11.5. The van der Waals surface area contributed by atoms with Crippen LogP contribution in [-0.2, 0) is 52.3 Å². The van der Waals surface area contributed by atoms with Gasteiger partial charge in [-0.05, 0) is 40.4 Å². The molecule has 0 aliphatic rings. The third-order valence-electron chi connectivity index (χ3n) is 9.03. The van der Waals surface area contributed by atoms with Crippen LogP contribution in [0.15, 0.2) is 116 Å². The van der Waals surface area contributed by atoms with Crippen LogP contribution in [-0.4, -0.2) is 24.5 Å². The number of hydrogen-bond acceptors (Lipinski definition) is 6. The zero-order valence-electron chi connectivity index (χ0n) is 31.2. The maximum Gasteiger partial charge on any atom is 2.00 e. The van der Waals surface area contributed by atoms with E-state index in [1.165, 1.54) is 0 Å². The predicted molar refractivity (Wildman–Crippen MR) is 209 cm³/mol. The maximum absolute atomic E-state index is 6.52. The fourth-order valence-electron chi connectivity index (χ4n) is 6.17. The molecular weight excluding hydrogens is 956 g/mol. The van der Waals surface area contributed by atoms with Gasteiger partial charge in [-0.25, -0.2) is 9.97 Å². The predicted octanol–water partition coefficient (Wildman–Crippen LogP) is 11.1. The number of pyridine rings is 2. The van der Waals surface area contributed by atoms with Crippen molar-refractivity contribution in [3.63, 3.8) is 0 Å². The van der Waals surface area contributed by atoms with E-state index in [4.69, 9.17) is 9.47 Å². The molecule has 278 valence electrons. The van der Waals surface area contributed by atoms with Crippen molar-refractivity contribution >= 4 is 21.8 Å². The minimum absolute atomic E-state index is 0. The molecule has 4 heterocycles. The Labute approximate surface area is 350 Å². The van der Waals surface area contributed by atoms with Crippen LogP contribution in [0.5, 0.6) is 23.0 Å². The molecule has 0 fully saturated rings. The Balaban J connectivity index is 0.00000257. The summed E-state index contributed by atoms with van der Waals surface area (Å²) < 4.78 is 15.0. The van der Waals surface area contributed by atoms with Crippen LogP contribution in [0.1, 0.15) is 52.7 Å². The van der Waals surface area contributed by atoms with Gasteiger partial charge in [0.05, 0.1) is 0 Å². The van der Waals surface area contributed by atoms with Crippen LogP contribution in [0.3, 0.4) is 0 Å². The summed E-state index contributed by atoms with van der Waals surface area (Å²) in [5.41, 5.74) is 6.84. The van der Waals surface area contributed by atoms with E-state index >= 15 is 0 Å². The number of ether oxygens (including phenoxy) is 2. The van der Waals surface area contributed by atoms with Gasteiger partial charge in [-0.3, -0.25) is 0 Å². The summed E-state index contributed by atoms with van der Waals surface area (Å²) in [7, 11) is 0. The second kappa shape index (κ2) is 16.0. The summed E-state index contributed by atoms with van der Waals surface area (Å²) in [6.45, 7) is 13.1. The van der Waals surface area contributed by atoms with Gasteiger partial charge in [-0.2, -0.15) is 22.9 Å². The monoisotopic (exact) mass is 992 g/mol. The topological polar surface area (TPSA) is 75.0 Å². The average Bonchev–Trinajstić information content (AvgIpc) is 3.47. The van der Waals surface area contributed by atoms with Gasteiger partial charge in [-0.15, -0.1) is 58.7 Å². The summed E-state index contributed by atoms with van der Waals surface area (Å²) >= 11 is 0. The van der Waals surface area contributed by atoms with Crippen LogP contribution >= 0.6 is 0 Å². The molecule has 0 atom stereocenters. The second-order valence-corrected chi connectivity index (χ2v) is 15.0. The van der Waals surface area contributed by atoms with E-state index in [-0.39, 0.29) is 52.3 Å². The minimum atomic E-state index is -0.122. The van der Waals surface area contributed by atoms with E-state index in [1.54, 1.807) is 30.9 Å². The Morgan fingerprint density at radius 1 is 0.491 bits per heavy atom. The van der Waals surface area contributed by atoms with Gasteiger partial charge in [-0.1, -0.05) is 101 Å². The molecule has 0 saturated carbocycles. The van der Waals surface area contributed by atoms with Crippen molar-refractivity contribution in [2.24, 2.45) is 0 Å². The van der Waals surface area contributed by atoms with Gasteiger partial charge in [0.1, 0.15) is 0 Å². The molecule has 0 aliphatic carbocycles. The fraction of sp³-hybridized carbons (Fsp3) is 0.174. The van der Waals surface area contributed by atoms with Crippen LogP contribution in [0.25, 0.3) is 50.3 Å². The molecule has 0 N–H and O–H groups in total. The molecule has 7 nitrogen and oxygen atoms in total. The molecule has 4 aromatic heterocycles. The van der Waals surface area contributed by atoms with E-state index < -0.39 is 0 Å². The van der Waals surface area contributed by atoms with Crippen molar-refractivity contribution in [2.45, 2.75) is 52.4 Å². The van der Waals surface area contributed by atoms with Crippen molar-refractivity contribution in [1.29, 1.82) is 0 Å². The Morgan fingerprint density at radius 3 is 1.33 bits per heavy atom. The molecule has 0 unspecified atom stereocenters. The standard InChI is InChI=1S/C46H37N5O2.Pd.Pt/c1-45(2,3)32-22-30(40-12-7-9-18-47-40)24-36(26-32)52-34-14-16-38-39-17-15-35(29-43(39)51(42(38)28-34)44-49-20-11-21-50-44)53-37-25-31(41-13-8-10-19-48-41)23-33(27-37)46(4,5)6;;/h7-23,26-27H,1-6H3;;/q-4;2*+2. The summed E-state index contributed by atoms with van der Waals surface area (Å²) in [6, 6.07) is 43.6. The SMILES string of the molecule is CC(C)(C)c1cc(Oc2[c-]c3c(cc2)c2ccc(Oc4[c-]c(-c5ccccn5)cc(C(C)(C)C)c4)[c-]c2n3-c2ncccn2)[c-]c(-c2ccccn2)c1.[Pd+2].[Pt+2]. The van der Waals surface area contributed by atoms with Crippen LogP contribution in [0.2, 0.25) is 0 Å². The number of aromatic nitrogens is 5. The van der Waals surface area contributed by atoms with E-state index in [0.717, 1.165) is 55.4 Å². The summed E-state index contributed by atoms with van der Waals surface area (Å²) in [5.74, 6) is 2.69. The molecule has 8 rings (SSSR count). The van der Waals surface area contributed by atoms with E-state index in [1.807, 2.05) is 77.4 Å². The van der Waals surface area contributed by atoms with Crippen molar-refractivity contribution in [3.05, 3.63) is 151 Å². The first kappa shape index (κ1) is 39.7. The average molecular weight is 993 g/mol. The largest absolute Gasteiger partial charge is 2.00 e. The van der Waals surface area contributed by atoms with Gasteiger partial charge in [0.15, 0.2) is 0 Å². The molecule has 0 saturated heterocycles. The smallest absolute Gasteiger partial charge is 0.503 e. The van der Waals surface area contributed by atoms with Crippen molar-refractivity contribution in [2.75, 3.05) is 0 Å². The molecule has 0 bridgehead atoms. The van der Waals surface area contributed by atoms with E-state index in [2.05, 4.69) is 97.9 Å². The Morgan fingerprint density at radius 2 is 0.927 bits per heavy atom. The first-order valence-corrected chi connectivity index (χ1v) is 17.5. The summed E-state index contributed by atoms with van der Waals surface area (Å²) in [6.07, 6.45) is 7.01. The molecule has 0 spiro atoms. The molecule has 55 heavy (non-hydrogen) atoms. The zero-order valence-corrected chi connectivity index (χ0v) is 35.0. The molecule has 0 aliphatic heterocycles. The summed E-state index contributed by atoms with van der Waals surface area (Å²) in [4.78, 5) is 18.4. The number of nitrogens with zero attached hydrogens (tertiary/aromatic N) is 5. The molecule has 4 aromatic carbocycles. The van der Waals surface area contributed by atoms with Gasteiger partial charge < -0.3 is 24.0 Å². The Hall–Kier alpha value is -4.99. The minimum Gasteiger partial charge on any atom is -0.503 e. The fourth-order valence-corrected chi connectivity index (χ4v) is 6.17. The molecule has 0 radical (unpaired) electrons.